The quantitative estimate of drug-likeness (QED) is 0.790. The third-order valence-corrected chi connectivity index (χ3v) is 3.76. The fraction of sp³-hybridized carbons (Fsp3) is 0.286. The molecule has 1 aliphatic rings. The summed E-state index contributed by atoms with van der Waals surface area (Å²) >= 11 is 5.40. The van der Waals surface area contributed by atoms with Gasteiger partial charge in [-0.3, -0.25) is 0 Å². The molecule has 1 aliphatic carbocycles. The lowest BCUT2D eigenvalue weighted by atomic mass is 9.89. The molecule has 0 amide bonds. The van der Waals surface area contributed by atoms with E-state index in [9.17, 15) is 5.26 Å². The molecule has 90 valence electrons. The smallest absolute Gasteiger partial charge is 0.151 e. The summed E-state index contributed by atoms with van der Waals surface area (Å²) in [6, 6.07) is 5.96. The molecule has 0 aromatic carbocycles. The van der Waals surface area contributed by atoms with Crippen LogP contribution in [-0.2, 0) is 12.8 Å². The third-order valence-electron chi connectivity index (χ3n) is 3.41. The van der Waals surface area contributed by atoms with Gasteiger partial charge in [0.1, 0.15) is 16.4 Å². The van der Waals surface area contributed by atoms with Gasteiger partial charge >= 0.3 is 0 Å². The maximum atomic E-state index is 9.42. The molecule has 0 saturated carbocycles. The molecule has 2 heterocycles. The first-order chi connectivity index (χ1) is 8.81. The lowest BCUT2D eigenvalue weighted by Crippen LogP contribution is -2.09. The van der Waals surface area contributed by atoms with E-state index in [-0.39, 0.29) is 0 Å². The summed E-state index contributed by atoms with van der Waals surface area (Å²) < 4.78 is 6.12. The average Bonchev–Trinajstić information content (AvgIpc) is 2.92. The minimum atomic E-state index is 0.672. The number of hydrogen-bond donors (Lipinski definition) is 1. The summed E-state index contributed by atoms with van der Waals surface area (Å²) in [6.07, 6.45) is 5.78. The molecule has 0 unspecified atom stereocenters. The van der Waals surface area contributed by atoms with E-state index in [1.54, 1.807) is 6.26 Å². The predicted molar refractivity (Wildman–Crippen MR) is 70.7 cm³/mol. The monoisotopic (exact) mass is 256 g/mol. The molecule has 0 aliphatic heterocycles. The summed E-state index contributed by atoms with van der Waals surface area (Å²) in [4.78, 5) is 3.16. The van der Waals surface area contributed by atoms with Crippen molar-refractivity contribution < 1.29 is 4.42 Å². The van der Waals surface area contributed by atoms with Crippen LogP contribution < -0.4 is 0 Å². The second-order valence-electron chi connectivity index (χ2n) is 4.46. The highest BCUT2D eigenvalue weighted by molar-refractivity contribution is 7.71. The number of hydrogen-bond acceptors (Lipinski definition) is 3. The van der Waals surface area contributed by atoms with Crippen molar-refractivity contribution in [3.8, 4) is 17.5 Å². The van der Waals surface area contributed by atoms with E-state index in [2.05, 4.69) is 11.1 Å². The van der Waals surface area contributed by atoms with Crippen molar-refractivity contribution in [2.45, 2.75) is 25.7 Å². The molecular formula is C14H12N2OS. The second-order valence-corrected chi connectivity index (χ2v) is 4.87. The number of aromatic nitrogens is 1. The molecule has 0 radical (unpaired) electrons. The van der Waals surface area contributed by atoms with Gasteiger partial charge in [-0.1, -0.05) is 12.2 Å². The summed E-state index contributed by atoms with van der Waals surface area (Å²) in [7, 11) is 0. The van der Waals surface area contributed by atoms with Gasteiger partial charge in [-0.2, -0.15) is 5.26 Å². The number of nitrogens with zero attached hydrogens (tertiary/aromatic N) is 1. The number of rotatable bonds is 1. The Morgan fingerprint density at radius 2 is 2.06 bits per heavy atom. The topological polar surface area (TPSA) is 52.7 Å². The number of furan rings is 1. The van der Waals surface area contributed by atoms with Crippen LogP contribution in [-0.4, -0.2) is 4.98 Å². The van der Waals surface area contributed by atoms with Gasteiger partial charge in [0, 0.05) is 0 Å². The molecule has 18 heavy (non-hydrogen) atoms. The molecule has 3 nitrogen and oxygen atoms in total. The predicted octanol–water partition coefficient (Wildman–Crippen LogP) is 3.75. The Balaban J connectivity index is 2.31. The van der Waals surface area contributed by atoms with Crippen molar-refractivity contribution >= 4 is 12.2 Å². The lowest BCUT2D eigenvalue weighted by molar-refractivity contribution is 0.579. The SMILES string of the molecule is N#Cc1c(-c2ccco2)[nH]c(=S)c2c1CCCC2. The van der Waals surface area contributed by atoms with Crippen LogP contribution in [0.3, 0.4) is 0 Å². The van der Waals surface area contributed by atoms with E-state index >= 15 is 0 Å². The number of nitrogens with one attached hydrogen (secondary N) is 1. The molecular weight excluding hydrogens is 244 g/mol. The standard InChI is InChI=1S/C14H12N2OS/c15-8-11-9-4-1-2-5-10(9)14(18)16-13(11)12-6-3-7-17-12/h3,6-7H,1-2,4-5H2,(H,16,18). The zero-order valence-electron chi connectivity index (χ0n) is 9.82. The maximum absolute atomic E-state index is 9.42. The van der Waals surface area contributed by atoms with E-state index in [0.717, 1.165) is 41.5 Å². The van der Waals surface area contributed by atoms with Crippen molar-refractivity contribution in [2.75, 3.05) is 0 Å². The first kappa shape index (κ1) is 11.2. The van der Waals surface area contributed by atoms with Crippen LogP contribution in [0.15, 0.2) is 22.8 Å². The fourth-order valence-electron chi connectivity index (χ4n) is 2.56. The maximum Gasteiger partial charge on any atom is 0.151 e. The van der Waals surface area contributed by atoms with Crippen LogP contribution in [0.2, 0.25) is 0 Å². The number of pyridine rings is 1. The lowest BCUT2D eigenvalue weighted by Gasteiger charge is -2.18. The van der Waals surface area contributed by atoms with Gasteiger partial charge in [-0.25, -0.2) is 0 Å². The Labute approximate surface area is 110 Å². The van der Waals surface area contributed by atoms with Crippen LogP contribution in [0.25, 0.3) is 11.5 Å². The molecule has 2 aromatic rings. The Bertz CT molecular complexity index is 677. The minimum Gasteiger partial charge on any atom is -0.463 e. The van der Waals surface area contributed by atoms with E-state index in [1.165, 1.54) is 0 Å². The zero-order valence-corrected chi connectivity index (χ0v) is 10.6. The van der Waals surface area contributed by atoms with E-state index in [0.29, 0.717) is 17.0 Å². The molecule has 2 aromatic heterocycles. The summed E-state index contributed by atoms with van der Waals surface area (Å²) in [5.74, 6) is 0.672. The normalized spacial score (nSPS) is 13.9. The first-order valence-electron chi connectivity index (χ1n) is 6.03. The van der Waals surface area contributed by atoms with Gasteiger partial charge in [0.05, 0.1) is 11.8 Å². The molecule has 0 atom stereocenters. The van der Waals surface area contributed by atoms with Crippen molar-refractivity contribution in [3.05, 3.63) is 39.7 Å². The fourth-order valence-corrected chi connectivity index (χ4v) is 2.89. The zero-order chi connectivity index (χ0) is 12.5. The number of aromatic amines is 1. The molecule has 0 spiro atoms. The third kappa shape index (κ3) is 1.68. The highest BCUT2D eigenvalue weighted by atomic mass is 32.1. The van der Waals surface area contributed by atoms with Crippen LogP contribution >= 0.6 is 12.2 Å². The van der Waals surface area contributed by atoms with E-state index in [4.69, 9.17) is 16.6 Å². The first-order valence-corrected chi connectivity index (χ1v) is 6.44. The largest absolute Gasteiger partial charge is 0.463 e. The van der Waals surface area contributed by atoms with Crippen molar-refractivity contribution in [3.63, 3.8) is 0 Å². The van der Waals surface area contributed by atoms with Crippen LogP contribution in [0.4, 0.5) is 0 Å². The Morgan fingerprint density at radius 3 is 2.72 bits per heavy atom. The number of H-pyrrole nitrogens is 1. The molecule has 4 heteroatoms. The van der Waals surface area contributed by atoms with Crippen LogP contribution in [0, 0.1) is 16.0 Å². The van der Waals surface area contributed by atoms with Gasteiger partial charge in [0.15, 0.2) is 5.76 Å². The summed E-state index contributed by atoms with van der Waals surface area (Å²) in [6.45, 7) is 0. The molecule has 0 fully saturated rings. The Hall–Kier alpha value is -1.86. The van der Waals surface area contributed by atoms with Gasteiger partial charge < -0.3 is 9.40 Å². The Kier molecular flexibility index (Phi) is 2.77. The molecule has 0 saturated heterocycles. The van der Waals surface area contributed by atoms with Crippen molar-refractivity contribution in [1.82, 2.24) is 4.98 Å². The molecule has 0 bridgehead atoms. The van der Waals surface area contributed by atoms with E-state index in [1.807, 2.05) is 12.1 Å². The minimum absolute atomic E-state index is 0.672. The number of nitriles is 1. The Morgan fingerprint density at radius 1 is 1.28 bits per heavy atom. The summed E-state index contributed by atoms with van der Waals surface area (Å²) in [5.41, 5.74) is 3.66. The van der Waals surface area contributed by atoms with E-state index < -0.39 is 0 Å². The molecule has 3 rings (SSSR count). The van der Waals surface area contributed by atoms with Crippen molar-refractivity contribution in [1.29, 1.82) is 5.26 Å². The van der Waals surface area contributed by atoms with Crippen molar-refractivity contribution in [2.24, 2.45) is 0 Å². The highest BCUT2D eigenvalue weighted by Gasteiger charge is 2.20. The highest BCUT2D eigenvalue weighted by Crippen LogP contribution is 2.31. The van der Waals surface area contributed by atoms with Gasteiger partial charge in [-0.15, -0.1) is 0 Å². The van der Waals surface area contributed by atoms with Crippen LogP contribution in [0.1, 0.15) is 29.5 Å². The van der Waals surface area contributed by atoms with Crippen LogP contribution in [0.5, 0.6) is 0 Å². The number of fused-ring (bicyclic) bond motifs is 1. The summed E-state index contributed by atoms with van der Waals surface area (Å²) in [5, 5.41) is 9.42. The van der Waals surface area contributed by atoms with Gasteiger partial charge in [-0.05, 0) is 48.9 Å². The second kappa shape index (κ2) is 4.43. The van der Waals surface area contributed by atoms with Gasteiger partial charge in [0.2, 0.25) is 0 Å². The molecule has 1 N–H and O–H groups in total. The van der Waals surface area contributed by atoms with Gasteiger partial charge in [0.25, 0.3) is 0 Å². The average molecular weight is 256 g/mol.